The van der Waals surface area contributed by atoms with E-state index in [0.29, 0.717) is 10.9 Å². The van der Waals surface area contributed by atoms with Gasteiger partial charge in [-0.3, -0.25) is 0 Å². The molecule has 2 N–H and O–H groups in total. The van der Waals surface area contributed by atoms with Gasteiger partial charge in [0.1, 0.15) is 11.5 Å². The fraction of sp³-hybridized carbons (Fsp3) is 0.235. The van der Waals surface area contributed by atoms with Crippen LogP contribution >= 0.6 is 12.2 Å². The van der Waals surface area contributed by atoms with E-state index in [9.17, 15) is 0 Å². The zero-order chi connectivity index (χ0) is 15.9. The number of nitrogens with one attached hydrogen (secondary N) is 2. The third-order valence-corrected chi connectivity index (χ3v) is 3.52. The molecule has 0 aliphatic rings. The Balaban J connectivity index is 2.03. The average Bonchev–Trinajstić information content (AvgIpc) is 2.55. The van der Waals surface area contributed by atoms with E-state index >= 15 is 0 Å². The summed E-state index contributed by atoms with van der Waals surface area (Å²) >= 11 is 5.37. The van der Waals surface area contributed by atoms with E-state index in [1.807, 2.05) is 36.4 Å². The van der Waals surface area contributed by atoms with Gasteiger partial charge >= 0.3 is 0 Å². The number of hydrogen-bond donors (Lipinski definition) is 2. The van der Waals surface area contributed by atoms with Crippen LogP contribution in [0, 0.1) is 0 Å². The maximum atomic E-state index is 5.37. The number of rotatable bonds is 5. The van der Waals surface area contributed by atoms with Gasteiger partial charge in [0.15, 0.2) is 5.11 Å². The molecule has 0 unspecified atom stereocenters. The molecule has 2 rings (SSSR count). The lowest BCUT2D eigenvalue weighted by Crippen LogP contribution is -2.31. The van der Waals surface area contributed by atoms with Crippen molar-refractivity contribution in [1.29, 1.82) is 0 Å². The second kappa shape index (κ2) is 7.66. The lowest BCUT2D eigenvalue weighted by molar-refractivity contribution is 0.395. The summed E-state index contributed by atoms with van der Waals surface area (Å²) in [6.07, 6.45) is 0. The molecule has 116 valence electrons. The van der Waals surface area contributed by atoms with Crippen LogP contribution in [-0.2, 0) is 0 Å². The van der Waals surface area contributed by atoms with E-state index in [4.69, 9.17) is 21.7 Å². The minimum atomic E-state index is 0.116. The smallest absolute Gasteiger partial charge is 0.171 e. The van der Waals surface area contributed by atoms with E-state index < -0.39 is 0 Å². The van der Waals surface area contributed by atoms with Crippen LogP contribution in [0.2, 0.25) is 0 Å². The van der Waals surface area contributed by atoms with Crippen LogP contribution in [0.3, 0.4) is 0 Å². The maximum absolute atomic E-state index is 5.37. The Kier molecular flexibility index (Phi) is 5.61. The molecule has 0 aliphatic heterocycles. The van der Waals surface area contributed by atoms with Crippen molar-refractivity contribution in [3.63, 3.8) is 0 Å². The Morgan fingerprint density at radius 1 is 1.05 bits per heavy atom. The van der Waals surface area contributed by atoms with Crippen molar-refractivity contribution in [3.8, 4) is 11.5 Å². The van der Waals surface area contributed by atoms with Crippen molar-refractivity contribution < 1.29 is 9.47 Å². The van der Waals surface area contributed by atoms with Crippen LogP contribution in [0.4, 0.5) is 5.69 Å². The molecular weight excluding hydrogens is 296 g/mol. The highest BCUT2D eigenvalue weighted by Gasteiger charge is 2.09. The third kappa shape index (κ3) is 4.11. The molecule has 0 spiro atoms. The Morgan fingerprint density at radius 3 is 2.41 bits per heavy atom. The number of hydrogen-bond acceptors (Lipinski definition) is 3. The molecule has 0 aromatic heterocycles. The first-order valence-corrected chi connectivity index (χ1v) is 7.39. The quantitative estimate of drug-likeness (QED) is 0.822. The van der Waals surface area contributed by atoms with Crippen LogP contribution in [0.25, 0.3) is 0 Å². The van der Waals surface area contributed by atoms with E-state index in [-0.39, 0.29) is 6.04 Å². The van der Waals surface area contributed by atoms with Gasteiger partial charge in [0, 0.05) is 6.07 Å². The van der Waals surface area contributed by atoms with Crippen LogP contribution < -0.4 is 20.1 Å². The van der Waals surface area contributed by atoms with Crippen molar-refractivity contribution in [1.82, 2.24) is 5.32 Å². The summed E-state index contributed by atoms with van der Waals surface area (Å²) in [5, 5.41) is 6.95. The predicted molar refractivity (Wildman–Crippen MR) is 93.8 cm³/mol. The molecule has 0 fully saturated rings. The summed E-state index contributed by atoms with van der Waals surface area (Å²) in [4.78, 5) is 0. The van der Waals surface area contributed by atoms with Crippen LogP contribution in [-0.4, -0.2) is 19.3 Å². The maximum Gasteiger partial charge on any atom is 0.171 e. The predicted octanol–water partition coefficient (Wildman–Crippen LogP) is 3.75. The summed E-state index contributed by atoms with van der Waals surface area (Å²) in [7, 11) is 3.23. The summed E-state index contributed by atoms with van der Waals surface area (Å²) in [6, 6.07) is 15.8. The van der Waals surface area contributed by atoms with E-state index in [1.54, 1.807) is 14.2 Å². The van der Waals surface area contributed by atoms with E-state index in [1.165, 1.54) is 5.56 Å². The molecule has 1 atom stereocenters. The molecule has 0 saturated carbocycles. The molecule has 4 nitrogen and oxygen atoms in total. The van der Waals surface area contributed by atoms with Crippen LogP contribution in [0.1, 0.15) is 18.5 Å². The van der Waals surface area contributed by atoms with Crippen molar-refractivity contribution in [2.75, 3.05) is 19.5 Å². The van der Waals surface area contributed by atoms with Gasteiger partial charge in [-0.2, -0.15) is 0 Å². The monoisotopic (exact) mass is 316 g/mol. The van der Waals surface area contributed by atoms with Crippen molar-refractivity contribution in [3.05, 3.63) is 54.1 Å². The number of ether oxygens (including phenoxy) is 2. The Bertz CT molecular complexity index is 632. The highest BCUT2D eigenvalue weighted by Crippen LogP contribution is 2.29. The molecule has 0 amide bonds. The number of benzene rings is 2. The van der Waals surface area contributed by atoms with Gasteiger partial charge in [0.2, 0.25) is 0 Å². The van der Waals surface area contributed by atoms with Gasteiger partial charge in [0.25, 0.3) is 0 Å². The van der Waals surface area contributed by atoms with Gasteiger partial charge in [-0.1, -0.05) is 30.3 Å². The molecule has 0 aliphatic carbocycles. The Hall–Kier alpha value is -2.27. The summed E-state index contributed by atoms with van der Waals surface area (Å²) in [6.45, 7) is 2.06. The normalized spacial score (nSPS) is 11.4. The highest BCUT2D eigenvalue weighted by atomic mass is 32.1. The van der Waals surface area contributed by atoms with Gasteiger partial charge in [-0.25, -0.2) is 0 Å². The average molecular weight is 316 g/mol. The first-order chi connectivity index (χ1) is 10.6. The first kappa shape index (κ1) is 16.1. The van der Waals surface area contributed by atoms with Gasteiger partial charge in [-0.05, 0) is 36.8 Å². The van der Waals surface area contributed by atoms with Crippen molar-refractivity contribution >= 4 is 23.0 Å². The third-order valence-electron chi connectivity index (χ3n) is 3.30. The number of methoxy groups -OCH3 is 2. The largest absolute Gasteiger partial charge is 0.497 e. The molecule has 0 heterocycles. The number of thiocarbonyl (C=S) groups is 1. The minimum absolute atomic E-state index is 0.116. The SMILES string of the molecule is COc1ccc(NC(=S)N[C@@H](C)c2ccccc2)c(OC)c1. The second-order valence-electron chi connectivity index (χ2n) is 4.80. The summed E-state index contributed by atoms with van der Waals surface area (Å²) < 4.78 is 10.5. The zero-order valence-corrected chi connectivity index (χ0v) is 13.7. The van der Waals surface area contributed by atoms with Crippen LogP contribution in [0.15, 0.2) is 48.5 Å². The van der Waals surface area contributed by atoms with Gasteiger partial charge in [0.05, 0.1) is 25.9 Å². The van der Waals surface area contributed by atoms with Crippen LogP contribution in [0.5, 0.6) is 11.5 Å². The van der Waals surface area contributed by atoms with Crippen molar-refractivity contribution in [2.24, 2.45) is 0 Å². The van der Waals surface area contributed by atoms with Crippen molar-refractivity contribution in [2.45, 2.75) is 13.0 Å². The Morgan fingerprint density at radius 2 is 1.77 bits per heavy atom. The number of anilines is 1. The fourth-order valence-corrected chi connectivity index (χ4v) is 2.37. The molecule has 2 aromatic carbocycles. The molecule has 2 aromatic rings. The van der Waals surface area contributed by atoms with E-state index in [0.717, 1.165) is 11.4 Å². The summed E-state index contributed by atoms with van der Waals surface area (Å²) in [5.74, 6) is 1.41. The first-order valence-electron chi connectivity index (χ1n) is 6.98. The Labute approximate surface area is 136 Å². The minimum Gasteiger partial charge on any atom is -0.497 e. The lowest BCUT2D eigenvalue weighted by atomic mass is 10.1. The topological polar surface area (TPSA) is 42.5 Å². The molecule has 5 heteroatoms. The lowest BCUT2D eigenvalue weighted by Gasteiger charge is -2.18. The second-order valence-corrected chi connectivity index (χ2v) is 5.21. The van der Waals surface area contributed by atoms with E-state index in [2.05, 4.69) is 29.7 Å². The highest BCUT2D eigenvalue weighted by molar-refractivity contribution is 7.80. The molecular formula is C17H20N2O2S. The van der Waals surface area contributed by atoms with Gasteiger partial charge < -0.3 is 20.1 Å². The zero-order valence-electron chi connectivity index (χ0n) is 12.9. The standard InChI is InChI=1S/C17H20N2O2S/c1-12(13-7-5-4-6-8-13)18-17(22)19-15-10-9-14(20-2)11-16(15)21-3/h4-12H,1-3H3,(H2,18,19,22)/t12-/m0/s1. The molecule has 0 bridgehead atoms. The molecule has 0 radical (unpaired) electrons. The summed E-state index contributed by atoms with van der Waals surface area (Å²) in [5.41, 5.74) is 1.97. The molecule has 22 heavy (non-hydrogen) atoms. The van der Waals surface area contributed by atoms with Gasteiger partial charge in [-0.15, -0.1) is 0 Å². The molecule has 0 saturated heterocycles. The fourth-order valence-electron chi connectivity index (χ4n) is 2.08.